The van der Waals surface area contributed by atoms with Crippen LogP contribution in [0, 0.1) is 5.92 Å². The molecule has 134 valence electrons. The summed E-state index contributed by atoms with van der Waals surface area (Å²) < 4.78 is 0. The molecule has 2 aliphatic rings. The van der Waals surface area contributed by atoms with Crippen molar-refractivity contribution < 1.29 is 14.4 Å². The van der Waals surface area contributed by atoms with Crippen molar-refractivity contribution >= 4 is 29.2 Å². The van der Waals surface area contributed by atoms with Gasteiger partial charge in [0.15, 0.2) is 0 Å². The lowest BCUT2D eigenvalue weighted by molar-refractivity contribution is -0.124. The van der Waals surface area contributed by atoms with E-state index in [-0.39, 0.29) is 30.3 Å². The van der Waals surface area contributed by atoms with Crippen LogP contribution in [0.25, 0.3) is 0 Å². The smallest absolute Gasteiger partial charge is 0.323 e. The van der Waals surface area contributed by atoms with E-state index < -0.39 is 12.1 Å². The predicted molar refractivity (Wildman–Crippen MR) is 95.4 cm³/mol. The fourth-order valence-corrected chi connectivity index (χ4v) is 2.85. The van der Waals surface area contributed by atoms with E-state index >= 15 is 0 Å². The number of rotatable bonds is 5. The quantitative estimate of drug-likeness (QED) is 0.761. The van der Waals surface area contributed by atoms with Gasteiger partial charge in [0, 0.05) is 6.04 Å². The lowest BCUT2D eigenvalue weighted by Crippen LogP contribution is -2.56. The van der Waals surface area contributed by atoms with E-state index in [0.29, 0.717) is 11.4 Å². The van der Waals surface area contributed by atoms with Crippen LogP contribution in [0.3, 0.4) is 0 Å². The van der Waals surface area contributed by atoms with Crippen LogP contribution in [0.1, 0.15) is 33.1 Å². The summed E-state index contributed by atoms with van der Waals surface area (Å²) in [5.74, 6) is -0.409. The van der Waals surface area contributed by atoms with Gasteiger partial charge in [0.2, 0.25) is 11.8 Å². The van der Waals surface area contributed by atoms with E-state index in [9.17, 15) is 14.4 Å². The molecule has 1 aliphatic carbocycles. The molecule has 3 rings (SSSR count). The monoisotopic (exact) mass is 344 g/mol. The van der Waals surface area contributed by atoms with Gasteiger partial charge in [0.05, 0.1) is 11.4 Å². The number of carbonyl (C=O) groups is 3. The Hall–Kier alpha value is -2.57. The number of nitrogens with zero attached hydrogens (tertiary/aromatic N) is 1. The van der Waals surface area contributed by atoms with Crippen molar-refractivity contribution in [3.63, 3.8) is 0 Å². The molecule has 7 heteroatoms. The van der Waals surface area contributed by atoms with Crippen LogP contribution in [-0.4, -0.2) is 36.5 Å². The molecule has 1 saturated carbocycles. The van der Waals surface area contributed by atoms with Crippen molar-refractivity contribution in [2.24, 2.45) is 5.92 Å². The first kappa shape index (κ1) is 17.3. The number of para-hydroxylation sites is 2. The number of urea groups is 1. The van der Waals surface area contributed by atoms with Crippen LogP contribution in [-0.2, 0) is 9.59 Å². The van der Waals surface area contributed by atoms with Crippen LogP contribution in [0.15, 0.2) is 24.3 Å². The number of hydrogen-bond acceptors (Lipinski definition) is 3. The number of nitrogens with one attached hydrogen (secondary N) is 3. The fraction of sp³-hybridized carbons (Fsp3) is 0.500. The number of anilines is 2. The second-order valence-electron chi connectivity index (χ2n) is 6.75. The third kappa shape index (κ3) is 3.92. The molecule has 2 atom stereocenters. The maximum absolute atomic E-state index is 12.8. The molecular formula is C18H24N4O3. The minimum atomic E-state index is -0.616. The van der Waals surface area contributed by atoms with Gasteiger partial charge in [-0.15, -0.1) is 0 Å². The number of hydrogen-bond donors (Lipinski definition) is 3. The summed E-state index contributed by atoms with van der Waals surface area (Å²) in [6, 6.07) is 6.31. The normalized spacial score (nSPS) is 18.6. The first-order valence-corrected chi connectivity index (χ1v) is 8.77. The predicted octanol–water partition coefficient (Wildman–Crippen LogP) is 1.85. The van der Waals surface area contributed by atoms with Crippen LogP contribution >= 0.6 is 0 Å². The van der Waals surface area contributed by atoms with Gasteiger partial charge in [-0.3, -0.25) is 14.5 Å². The summed E-state index contributed by atoms with van der Waals surface area (Å²) in [5, 5.41) is 8.53. The lowest BCUT2D eigenvalue weighted by Gasteiger charge is -2.32. The fourth-order valence-electron chi connectivity index (χ4n) is 2.85. The minimum Gasteiger partial charge on any atom is -0.352 e. The Balaban J connectivity index is 1.76. The summed E-state index contributed by atoms with van der Waals surface area (Å²) in [4.78, 5) is 38.6. The van der Waals surface area contributed by atoms with Crippen molar-refractivity contribution in [1.29, 1.82) is 0 Å². The Morgan fingerprint density at radius 2 is 2.04 bits per heavy atom. The van der Waals surface area contributed by atoms with Gasteiger partial charge < -0.3 is 16.0 Å². The Kier molecular flexibility index (Phi) is 4.92. The molecular weight excluding hydrogens is 320 g/mol. The third-order valence-electron chi connectivity index (χ3n) is 4.71. The number of carbonyl (C=O) groups excluding carboxylic acids is 3. The Bertz CT molecular complexity index is 687. The van der Waals surface area contributed by atoms with Crippen LogP contribution in [0.5, 0.6) is 0 Å². The summed E-state index contributed by atoms with van der Waals surface area (Å²) in [5.41, 5.74) is 1.22. The van der Waals surface area contributed by atoms with Gasteiger partial charge in [0.25, 0.3) is 0 Å². The van der Waals surface area contributed by atoms with Gasteiger partial charge in [-0.25, -0.2) is 4.79 Å². The van der Waals surface area contributed by atoms with Gasteiger partial charge >= 0.3 is 6.03 Å². The molecule has 0 aromatic heterocycles. The van der Waals surface area contributed by atoms with Crippen LogP contribution in [0.2, 0.25) is 0 Å². The molecule has 1 aromatic carbocycles. The molecule has 0 radical (unpaired) electrons. The average molecular weight is 344 g/mol. The summed E-state index contributed by atoms with van der Waals surface area (Å²) >= 11 is 0. The van der Waals surface area contributed by atoms with E-state index in [0.717, 1.165) is 19.3 Å². The summed E-state index contributed by atoms with van der Waals surface area (Å²) in [6.45, 7) is 3.85. The summed E-state index contributed by atoms with van der Waals surface area (Å²) in [6.07, 6.45) is 2.75. The zero-order valence-electron chi connectivity index (χ0n) is 14.5. The van der Waals surface area contributed by atoms with Gasteiger partial charge in [0.1, 0.15) is 12.6 Å². The van der Waals surface area contributed by atoms with Gasteiger partial charge in [-0.1, -0.05) is 32.4 Å². The molecule has 1 fully saturated rings. The second kappa shape index (κ2) is 7.13. The SMILES string of the molecule is CC[C@H](C)[C@@H](NC(=O)N1CC(=O)Nc2ccccc21)C(=O)NC1CC1. The molecule has 0 bridgehead atoms. The standard InChI is InChI=1S/C18H24N4O3/c1-3-11(2)16(17(24)19-12-8-9-12)21-18(25)22-10-15(23)20-13-6-4-5-7-14(13)22/h4-7,11-12,16H,3,8-10H2,1-2H3,(H,19,24)(H,20,23)(H,21,25)/t11-,16+/m0/s1. The highest BCUT2D eigenvalue weighted by Crippen LogP contribution is 2.29. The molecule has 3 N–H and O–H groups in total. The topological polar surface area (TPSA) is 90.5 Å². The zero-order chi connectivity index (χ0) is 18.0. The van der Waals surface area contributed by atoms with Crippen molar-refractivity contribution in [3.05, 3.63) is 24.3 Å². The van der Waals surface area contributed by atoms with E-state index in [4.69, 9.17) is 0 Å². The van der Waals surface area contributed by atoms with Crippen LogP contribution < -0.4 is 20.9 Å². The van der Waals surface area contributed by atoms with E-state index in [1.807, 2.05) is 19.9 Å². The highest BCUT2D eigenvalue weighted by molar-refractivity contribution is 6.10. The van der Waals surface area contributed by atoms with E-state index in [1.54, 1.807) is 18.2 Å². The molecule has 7 nitrogen and oxygen atoms in total. The minimum absolute atomic E-state index is 0.00318. The first-order valence-electron chi connectivity index (χ1n) is 8.77. The molecule has 0 spiro atoms. The Morgan fingerprint density at radius 3 is 2.72 bits per heavy atom. The average Bonchev–Trinajstić information content (AvgIpc) is 3.41. The molecule has 1 heterocycles. The zero-order valence-corrected chi connectivity index (χ0v) is 14.5. The first-order chi connectivity index (χ1) is 12.0. The number of fused-ring (bicyclic) bond motifs is 1. The van der Waals surface area contributed by atoms with Crippen molar-refractivity contribution in [1.82, 2.24) is 10.6 Å². The number of amides is 4. The maximum Gasteiger partial charge on any atom is 0.323 e. The summed E-state index contributed by atoms with van der Waals surface area (Å²) in [7, 11) is 0. The second-order valence-corrected chi connectivity index (χ2v) is 6.75. The third-order valence-corrected chi connectivity index (χ3v) is 4.71. The number of benzene rings is 1. The highest BCUT2D eigenvalue weighted by atomic mass is 16.2. The van der Waals surface area contributed by atoms with E-state index in [1.165, 1.54) is 4.90 Å². The van der Waals surface area contributed by atoms with E-state index in [2.05, 4.69) is 16.0 Å². The molecule has 4 amide bonds. The molecule has 25 heavy (non-hydrogen) atoms. The molecule has 0 unspecified atom stereocenters. The Labute approximate surface area is 147 Å². The van der Waals surface area contributed by atoms with Crippen LogP contribution in [0.4, 0.5) is 16.2 Å². The Morgan fingerprint density at radius 1 is 1.32 bits per heavy atom. The maximum atomic E-state index is 12.8. The highest BCUT2D eigenvalue weighted by Gasteiger charge is 2.34. The lowest BCUT2D eigenvalue weighted by atomic mass is 9.98. The largest absolute Gasteiger partial charge is 0.352 e. The van der Waals surface area contributed by atoms with Crippen molar-refractivity contribution in [3.8, 4) is 0 Å². The van der Waals surface area contributed by atoms with Gasteiger partial charge in [-0.2, -0.15) is 0 Å². The molecule has 1 aromatic rings. The van der Waals surface area contributed by atoms with Crippen molar-refractivity contribution in [2.75, 3.05) is 16.8 Å². The van der Waals surface area contributed by atoms with Crippen molar-refractivity contribution in [2.45, 2.75) is 45.2 Å². The molecule has 0 saturated heterocycles. The molecule has 1 aliphatic heterocycles. The van der Waals surface area contributed by atoms with Gasteiger partial charge in [-0.05, 0) is 30.9 Å².